The Bertz CT molecular complexity index is 1530. The Morgan fingerprint density at radius 3 is 1.65 bits per heavy atom. The van der Waals surface area contributed by atoms with Crippen molar-refractivity contribution >= 4 is 5.97 Å². The topological polar surface area (TPSA) is 44.8 Å². The van der Waals surface area contributed by atoms with Crippen LogP contribution in [0.25, 0.3) is 0 Å². The van der Waals surface area contributed by atoms with E-state index >= 15 is 0 Å². The molecule has 2 saturated carbocycles. The van der Waals surface area contributed by atoms with Gasteiger partial charge in [-0.3, -0.25) is 0 Å². The molecule has 0 bridgehead atoms. The Labute approximate surface area is 294 Å². The summed E-state index contributed by atoms with van der Waals surface area (Å²) in [6.07, 6.45) is 12.8. The van der Waals surface area contributed by atoms with E-state index in [0.29, 0.717) is 24.0 Å². The molecule has 0 unspecified atom stereocenters. The van der Waals surface area contributed by atoms with Gasteiger partial charge >= 0.3 is 5.97 Å². The Hall–Kier alpha value is -3.73. The fraction of sp³-hybridized carbons (Fsp3) is 0.444. The highest BCUT2D eigenvalue weighted by atomic mass is 17.2. The summed E-state index contributed by atoms with van der Waals surface area (Å²) in [5, 5.41) is 0. The molecular formula is C45H54O4. The van der Waals surface area contributed by atoms with Crippen LogP contribution in [0, 0.1) is 11.8 Å². The molecule has 49 heavy (non-hydrogen) atoms. The van der Waals surface area contributed by atoms with Crippen LogP contribution in [0.15, 0.2) is 109 Å². The minimum Gasteiger partial charge on any atom is -0.451 e. The molecule has 0 aromatic heterocycles. The van der Waals surface area contributed by atoms with E-state index in [-0.39, 0.29) is 5.97 Å². The third kappa shape index (κ3) is 9.50. The van der Waals surface area contributed by atoms with Crippen molar-refractivity contribution in [2.75, 3.05) is 0 Å². The first-order chi connectivity index (χ1) is 24.1. The summed E-state index contributed by atoms with van der Waals surface area (Å²) in [6, 6.07) is 36.6. The van der Waals surface area contributed by atoms with Gasteiger partial charge in [0.25, 0.3) is 0 Å². The van der Waals surface area contributed by atoms with Crippen molar-refractivity contribution in [1.29, 1.82) is 0 Å². The van der Waals surface area contributed by atoms with Crippen molar-refractivity contribution in [1.82, 2.24) is 0 Å². The fourth-order valence-corrected chi connectivity index (χ4v) is 8.10. The summed E-state index contributed by atoms with van der Waals surface area (Å²) in [5.74, 6) is 2.61. The minimum absolute atomic E-state index is 0.296. The average Bonchev–Trinajstić information content (AvgIpc) is 3.17. The van der Waals surface area contributed by atoms with Crippen LogP contribution in [0.3, 0.4) is 0 Å². The zero-order valence-corrected chi connectivity index (χ0v) is 29.5. The molecule has 0 aliphatic heterocycles. The molecule has 0 heterocycles. The van der Waals surface area contributed by atoms with Gasteiger partial charge in [-0.25, -0.2) is 14.6 Å². The summed E-state index contributed by atoms with van der Waals surface area (Å²) in [4.78, 5) is 25.9. The van der Waals surface area contributed by atoms with Gasteiger partial charge in [-0.1, -0.05) is 130 Å². The molecule has 4 aromatic carbocycles. The van der Waals surface area contributed by atoms with Gasteiger partial charge in [-0.05, 0) is 115 Å². The standard InChI is InChI=1S/C45H54O4/c1-3-11-34-18-24-37(25-19-34)38-26-20-35(21-27-38)32-47-49-44(41-14-9-6-10-15-41)43(40-12-7-5-8-13-40)48-45(46)42-30-28-39(29-31-42)36-22-16-33(4-2)17-23-36/h5-10,12-15,20-21,26-31,33-34,36-37,43-44H,3-4,11,16-19,22-25,32H2,1-2H3/t33?,34?,36?,37?,43-,44-/m1/s1. The number of benzene rings is 4. The van der Waals surface area contributed by atoms with Gasteiger partial charge < -0.3 is 4.74 Å². The molecule has 4 nitrogen and oxygen atoms in total. The predicted molar refractivity (Wildman–Crippen MR) is 197 cm³/mol. The summed E-state index contributed by atoms with van der Waals surface area (Å²) >= 11 is 0. The van der Waals surface area contributed by atoms with Gasteiger partial charge in [-0.15, -0.1) is 0 Å². The maximum absolute atomic E-state index is 13.7. The number of hydrogen-bond donors (Lipinski definition) is 0. The number of esters is 1. The molecular weight excluding hydrogens is 604 g/mol. The quantitative estimate of drug-likeness (QED) is 0.0768. The minimum atomic E-state index is -0.717. The Balaban J connectivity index is 1.13. The second-order valence-corrected chi connectivity index (χ2v) is 14.4. The normalized spacial score (nSPS) is 22.2. The lowest BCUT2D eigenvalue weighted by atomic mass is 9.77. The lowest BCUT2D eigenvalue weighted by Crippen LogP contribution is -2.21. The second kappa shape index (κ2) is 17.8. The molecule has 2 atom stereocenters. The number of hydrogen-bond acceptors (Lipinski definition) is 4. The summed E-state index contributed by atoms with van der Waals surface area (Å²) in [6.45, 7) is 4.89. The zero-order chi connectivity index (χ0) is 33.8. The Kier molecular flexibility index (Phi) is 12.7. The van der Waals surface area contributed by atoms with Crippen molar-refractivity contribution in [2.24, 2.45) is 11.8 Å². The Morgan fingerprint density at radius 1 is 0.612 bits per heavy atom. The van der Waals surface area contributed by atoms with Gasteiger partial charge in [0.1, 0.15) is 6.61 Å². The average molecular weight is 659 g/mol. The van der Waals surface area contributed by atoms with Gasteiger partial charge in [0.05, 0.1) is 5.56 Å². The smallest absolute Gasteiger partial charge is 0.338 e. The van der Waals surface area contributed by atoms with E-state index < -0.39 is 12.2 Å². The third-order valence-corrected chi connectivity index (χ3v) is 11.2. The lowest BCUT2D eigenvalue weighted by molar-refractivity contribution is -0.350. The molecule has 6 rings (SSSR count). The molecule has 258 valence electrons. The molecule has 2 fully saturated rings. The van der Waals surface area contributed by atoms with Crippen LogP contribution in [-0.2, 0) is 21.1 Å². The van der Waals surface area contributed by atoms with Crippen LogP contribution in [0.5, 0.6) is 0 Å². The molecule has 4 aromatic rings. The second-order valence-electron chi connectivity index (χ2n) is 14.4. The van der Waals surface area contributed by atoms with Crippen LogP contribution in [-0.4, -0.2) is 5.97 Å². The molecule has 0 radical (unpaired) electrons. The zero-order valence-electron chi connectivity index (χ0n) is 29.5. The molecule has 4 heteroatoms. The number of carbonyl (C=O) groups is 1. The first-order valence-corrected chi connectivity index (χ1v) is 18.9. The number of rotatable bonds is 14. The first kappa shape index (κ1) is 35.1. The highest BCUT2D eigenvalue weighted by Crippen LogP contribution is 2.40. The van der Waals surface area contributed by atoms with E-state index in [4.69, 9.17) is 14.5 Å². The molecule has 0 amide bonds. The van der Waals surface area contributed by atoms with E-state index in [1.54, 1.807) is 0 Å². The van der Waals surface area contributed by atoms with Gasteiger partial charge in [0.15, 0.2) is 12.2 Å². The molecule has 2 aliphatic rings. The molecule has 0 N–H and O–H groups in total. The van der Waals surface area contributed by atoms with E-state index in [1.165, 1.54) is 81.8 Å². The van der Waals surface area contributed by atoms with Crippen molar-refractivity contribution in [3.8, 4) is 0 Å². The van der Waals surface area contributed by atoms with Crippen LogP contribution < -0.4 is 0 Å². The van der Waals surface area contributed by atoms with Crippen LogP contribution >= 0.6 is 0 Å². The highest BCUT2D eigenvalue weighted by molar-refractivity contribution is 5.89. The van der Waals surface area contributed by atoms with Gasteiger partial charge in [-0.2, -0.15) is 0 Å². The number of ether oxygens (including phenoxy) is 1. The monoisotopic (exact) mass is 658 g/mol. The Morgan fingerprint density at radius 2 is 1.12 bits per heavy atom. The SMILES string of the molecule is CCCC1CCC(c2ccc(COO[C@H](c3ccccc3)[C@H](OC(=O)c3ccc(C4CCC(CC)CC4)cc3)c3ccccc3)cc2)CC1. The molecule has 0 spiro atoms. The van der Waals surface area contributed by atoms with Crippen molar-refractivity contribution in [2.45, 2.75) is 115 Å². The third-order valence-electron chi connectivity index (χ3n) is 11.2. The number of carbonyl (C=O) groups excluding carboxylic acids is 1. The maximum Gasteiger partial charge on any atom is 0.338 e. The van der Waals surface area contributed by atoms with E-state index in [0.717, 1.165) is 28.5 Å². The van der Waals surface area contributed by atoms with Crippen molar-refractivity contribution < 1.29 is 19.3 Å². The van der Waals surface area contributed by atoms with Crippen molar-refractivity contribution in [3.63, 3.8) is 0 Å². The first-order valence-electron chi connectivity index (χ1n) is 18.9. The molecule has 0 saturated heterocycles. The maximum atomic E-state index is 13.7. The van der Waals surface area contributed by atoms with E-state index in [1.807, 2.05) is 72.8 Å². The molecule has 2 aliphatic carbocycles. The van der Waals surface area contributed by atoms with E-state index in [2.05, 4.69) is 50.2 Å². The lowest BCUT2D eigenvalue weighted by Gasteiger charge is -2.29. The van der Waals surface area contributed by atoms with Crippen LogP contribution in [0.4, 0.5) is 0 Å². The summed E-state index contributed by atoms with van der Waals surface area (Å²) in [7, 11) is 0. The van der Waals surface area contributed by atoms with E-state index in [9.17, 15) is 4.79 Å². The van der Waals surface area contributed by atoms with Crippen LogP contribution in [0.1, 0.15) is 147 Å². The van der Waals surface area contributed by atoms with Gasteiger partial charge in [0.2, 0.25) is 0 Å². The largest absolute Gasteiger partial charge is 0.451 e. The highest BCUT2D eigenvalue weighted by Gasteiger charge is 2.31. The predicted octanol–water partition coefficient (Wildman–Crippen LogP) is 12.2. The summed E-state index contributed by atoms with van der Waals surface area (Å²) < 4.78 is 6.32. The summed E-state index contributed by atoms with van der Waals surface area (Å²) in [5.41, 5.74) is 6.05. The fourth-order valence-electron chi connectivity index (χ4n) is 8.10. The van der Waals surface area contributed by atoms with Gasteiger partial charge in [0, 0.05) is 0 Å². The van der Waals surface area contributed by atoms with Crippen LogP contribution in [0.2, 0.25) is 0 Å². The van der Waals surface area contributed by atoms with Crippen molar-refractivity contribution in [3.05, 3.63) is 143 Å².